The number of hydrogen-bond donors (Lipinski definition) is 1. The van der Waals surface area contributed by atoms with Crippen LogP contribution in [0.5, 0.6) is 0 Å². The van der Waals surface area contributed by atoms with Crippen molar-refractivity contribution in [3.63, 3.8) is 0 Å². The number of aliphatic hydroxyl groups is 1. The van der Waals surface area contributed by atoms with Gasteiger partial charge in [-0.05, 0) is 44.4 Å². The molecule has 4 rings (SSSR count). The van der Waals surface area contributed by atoms with Gasteiger partial charge in [0.1, 0.15) is 11.6 Å². The van der Waals surface area contributed by atoms with Crippen molar-refractivity contribution in [2.24, 2.45) is 18.9 Å². The van der Waals surface area contributed by atoms with E-state index in [-0.39, 0.29) is 6.10 Å². The maximum atomic E-state index is 9.81. The van der Waals surface area contributed by atoms with E-state index in [0.717, 1.165) is 48.4 Å². The summed E-state index contributed by atoms with van der Waals surface area (Å²) in [4.78, 5) is 11.5. The first-order valence-corrected chi connectivity index (χ1v) is 8.10. The lowest BCUT2D eigenvalue weighted by molar-refractivity contribution is 0.171. The van der Waals surface area contributed by atoms with Crippen LogP contribution in [-0.4, -0.2) is 44.0 Å². The smallest absolute Gasteiger partial charge is 0.163 e. The van der Waals surface area contributed by atoms with Crippen molar-refractivity contribution in [3.8, 4) is 0 Å². The van der Waals surface area contributed by atoms with Gasteiger partial charge < -0.3 is 10.0 Å². The molecule has 0 aromatic carbocycles. The third-order valence-corrected chi connectivity index (χ3v) is 5.53. The first-order valence-electron chi connectivity index (χ1n) is 8.10. The van der Waals surface area contributed by atoms with Crippen LogP contribution in [0.3, 0.4) is 0 Å². The van der Waals surface area contributed by atoms with Crippen LogP contribution >= 0.6 is 0 Å². The molecule has 2 aromatic heterocycles. The van der Waals surface area contributed by atoms with Crippen LogP contribution in [0.25, 0.3) is 11.0 Å². The molecule has 2 aliphatic rings. The number of aromatic nitrogens is 4. The summed E-state index contributed by atoms with van der Waals surface area (Å²) in [7, 11) is 4.05. The third-order valence-electron chi connectivity index (χ3n) is 5.53. The number of nitrogens with zero attached hydrogens (tertiary/aromatic N) is 5. The van der Waals surface area contributed by atoms with Gasteiger partial charge in [0.15, 0.2) is 5.65 Å². The lowest BCUT2D eigenvalue weighted by Gasteiger charge is -2.27. The number of aryl methyl sites for hydroxylation is 2. The van der Waals surface area contributed by atoms with Gasteiger partial charge in [-0.3, -0.25) is 4.68 Å². The zero-order chi connectivity index (χ0) is 15.4. The molecule has 0 aliphatic heterocycles. The predicted molar refractivity (Wildman–Crippen MR) is 84.7 cm³/mol. The van der Waals surface area contributed by atoms with Gasteiger partial charge in [0.2, 0.25) is 0 Å². The standard InChI is InChI=1S/C16H23N5O/c1-9-18-15(14-8-17-21(3)16(14)19-9)20(2)12-4-10-6-13(22)7-11(10)5-12/h8,10-13,22H,4-7H2,1-3H3/t10-,11+,12?,13?. The summed E-state index contributed by atoms with van der Waals surface area (Å²) < 4.78 is 1.81. The molecule has 22 heavy (non-hydrogen) atoms. The van der Waals surface area contributed by atoms with E-state index in [4.69, 9.17) is 0 Å². The van der Waals surface area contributed by atoms with Crippen molar-refractivity contribution >= 4 is 16.9 Å². The molecular formula is C16H23N5O. The predicted octanol–water partition coefficient (Wildman–Crippen LogP) is 1.66. The molecule has 2 saturated carbocycles. The highest BCUT2D eigenvalue weighted by Crippen LogP contribution is 2.46. The lowest BCUT2D eigenvalue weighted by Crippen LogP contribution is -2.31. The van der Waals surface area contributed by atoms with E-state index in [9.17, 15) is 5.11 Å². The van der Waals surface area contributed by atoms with E-state index in [0.29, 0.717) is 17.9 Å². The molecule has 1 N–H and O–H groups in total. The second-order valence-electron chi connectivity index (χ2n) is 6.98. The van der Waals surface area contributed by atoms with Gasteiger partial charge >= 0.3 is 0 Å². The number of aliphatic hydroxyl groups excluding tert-OH is 1. The molecule has 0 bridgehead atoms. The van der Waals surface area contributed by atoms with Crippen molar-refractivity contribution in [2.75, 3.05) is 11.9 Å². The summed E-state index contributed by atoms with van der Waals surface area (Å²) in [6.45, 7) is 1.93. The van der Waals surface area contributed by atoms with Crippen LogP contribution < -0.4 is 4.90 Å². The van der Waals surface area contributed by atoms with Crippen LogP contribution in [0.15, 0.2) is 6.20 Å². The van der Waals surface area contributed by atoms with Gasteiger partial charge in [-0.2, -0.15) is 5.10 Å². The van der Waals surface area contributed by atoms with Crippen LogP contribution in [0.4, 0.5) is 5.82 Å². The maximum Gasteiger partial charge on any atom is 0.163 e. The summed E-state index contributed by atoms with van der Waals surface area (Å²) in [5.41, 5.74) is 0.892. The molecular weight excluding hydrogens is 278 g/mol. The Balaban J connectivity index is 1.65. The second-order valence-corrected chi connectivity index (χ2v) is 6.98. The Morgan fingerprint density at radius 2 is 1.86 bits per heavy atom. The Hall–Kier alpha value is -1.69. The Labute approximate surface area is 130 Å². The van der Waals surface area contributed by atoms with E-state index in [2.05, 4.69) is 27.0 Å². The van der Waals surface area contributed by atoms with Crippen molar-refractivity contribution in [2.45, 2.75) is 44.8 Å². The van der Waals surface area contributed by atoms with E-state index in [1.807, 2.05) is 20.2 Å². The minimum absolute atomic E-state index is 0.0763. The van der Waals surface area contributed by atoms with Crippen LogP contribution in [0.1, 0.15) is 31.5 Å². The van der Waals surface area contributed by atoms with Gasteiger partial charge in [0, 0.05) is 20.1 Å². The molecule has 4 atom stereocenters. The largest absolute Gasteiger partial charge is 0.393 e. The minimum Gasteiger partial charge on any atom is -0.393 e. The summed E-state index contributed by atoms with van der Waals surface area (Å²) >= 11 is 0. The molecule has 0 spiro atoms. The molecule has 2 aliphatic carbocycles. The van der Waals surface area contributed by atoms with Gasteiger partial charge in [0.05, 0.1) is 17.7 Å². The van der Waals surface area contributed by atoms with Crippen molar-refractivity contribution in [3.05, 3.63) is 12.0 Å². The SMILES string of the molecule is Cc1nc(N(C)C2C[C@H]3CC(O)C[C@H]3C2)c2cnn(C)c2n1. The number of anilines is 1. The van der Waals surface area contributed by atoms with Crippen LogP contribution in [0, 0.1) is 18.8 Å². The van der Waals surface area contributed by atoms with Crippen molar-refractivity contribution in [1.82, 2.24) is 19.7 Å². The Morgan fingerprint density at radius 1 is 1.18 bits per heavy atom. The lowest BCUT2D eigenvalue weighted by atomic mass is 10.0. The summed E-state index contributed by atoms with van der Waals surface area (Å²) in [5.74, 6) is 3.12. The monoisotopic (exact) mass is 301 g/mol. The highest BCUT2D eigenvalue weighted by molar-refractivity contribution is 5.87. The van der Waals surface area contributed by atoms with E-state index >= 15 is 0 Å². The summed E-state index contributed by atoms with van der Waals surface area (Å²) in [6.07, 6.45) is 6.04. The molecule has 0 saturated heterocycles. The number of hydrogen-bond acceptors (Lipinski definition) is 5. The molecule has 2 fully saturated rings. The maximum absolute atomic E-state index is 9.81. The van der Waals surface area contributed by atoms with Gasteiger partial charge in [-0.15, -0.1) is 0 Å². The normalized spacial score (nSPS) is 30.9. The molecule has 0 amide bonds. The highest BCUT2D eigenvalue weighted by atomic mass is 16.3. The van der Waals surface area contributed by atoms with Crippen LogP contribution in [-0.2, 0) is 7.05 Å². The average Bonchev–Trinajstić information content (AvgIpc) is 3.11. The quantitative estimate of drug-likeness (QED) is 0.913. The Morgan fingerprint density at radius 3 is 2.55 bits per heavy atom. The van der Waals surface area contributed by atoms with Crippen LogP contribution in [0.2, 0.25) is 0 Å². The highest BCUT2D eigenvalue weighted by Gasteiger charge is 2.42. The Kier molecular flexibility index (Phi) is 3.11. The third kappa shape index (κ3) is 2.08. The molecule has 118 valence electrons. The molecule has 2 unspecified atom stereocenters. The fourth-order valence-electron chi connectivity index (χ4n) is 4.42. The average molecular weight is 301 g/mol. The van der Waals surface area contributed by atoms with Crippen molar-refractivity contribution < 1.29 is 5.11 Å². The fraction of sp³-hybridized carbons (Fsp3) is 0.688. The number of fused-ring (bicyclic) bond motifs is 2. The van der Waals surface area contributed by atoms with Crippen molar-refractivity contribution in [1.29, 1.82) is 0 Å². The zero-order valence-corrected chi connectivity index (χ0v) is 13.4. The molecule has 2 heterocycles. The minimum atomic E-state index is -0.0763. The van der Waals surface area contributed by atoms with E-state index in [1.54, 1.807) is 4.68 Å². The van der Waals surface area contributed by atoms with Gasteiger partial charge in [-0.25, -0.2) is 9.97 Å². The zero-order valence-electron chi connectivity index (χ0n) is 13.4. The first-order chi connectivity index (χ1) is 10.5. The number of rotatable bonds is 2. The molecule has 6 heteroatoms. The Bertz CT molecular complexity index is 698. The topological polar surface area (TPSA) is 67.1 Å². The summed E-state index contributed by atoms with van der Waals surface area (Å²) in [6, 6.07) is 0.500. The first kappa shape index (κ1) is 13.9. The van der Waals surface area contributed by atoms with E-state index < -0.39 is 0 Å². The van der Waals surface area contributed by atoms with E-state index in [1.165, 1.54) is 0 Å². The molecule has 0 radical (unpaired) electrons. The van der Waals surface area contributed by atoms with Gasteiger partial charge in [-0.1, -0.05) is 0 Å². The second kappa shape index (κ2) is 4.91. The summed E-state index contributed by atoms with van der Waals surface area (Å²) in [5, 5.41) is 15.2. The van der Waals surface area contributed by atoms with Gasteiger partial charge in [0.25, 0.3) is 0 Å². The molecule has 6 nitrogen and oxygen atoms in total. The fourth-order valence-corrected chi connectivity index (χ4v) is 4.42. The molecule has 2 aromatic rings.